The van der Waals surface area contributed by atoms with E-state index in [9.17, 15) is 13.2 Å². The lowest BCUT2D eigenvalue weighted by Crippen LogP contribution is -2.36. The predicted octanol–water partition coefficient (Wildman–Crippen LogP) is 3.55. The Labute approximate surface area is 155 Å². The van der Waals surface area contributed by atoms with Gasteiger partial charge in [0.05, 0.1) is 18.2 Å². The normalized spacial score (nSPS) is 11.2. The highest BCUT2D eigenvalue weighted by Crippen LogP contribution is 2.20. The first-order chi connectivity index (χ1) is 13.0. The van der Waals surface area contributed by atoms with Crippen molar-refractivity contribution in [3.63, 3.8) is 0 Å². The molecule has 0 fully saturated rings. The summed E-state index contributed by atoms with van der Waals surface area (Å²) in [6.07, 6.45) is 0. The van der Waals surface area contributed by atoms with Crippen molar-refractivity contribution < 1.29 is 17.9 Å². The average molecular weight is 376 g/mol. The Bertz CT molecular complexity index is 834. The van der Waals surface area contributed by atoms with Crippen molar-refractivity contribution in [2.45, 2.75) is 26.6 Å². The Hall–Kier alpha value is -3.21. The molecule has 0 spiro atoms. The molecule has 0 aromatic heterocycles. The molecular weight excluding hydrogens is 357 g/mol. The van der Waals surface area contributed by atoms with E-state index < -0.39 is 12.4 Å². The molecule has 0 heterocycles. The van der Waals surface area contributed by atoms with Crippen LogP contribution in [0.15, 0.2) is 47.5 Å². The molecule has 0 bridgehead atoms. The maximum absolute atomic E-state index is 13.9. The van der Waals surface area contributed by atoms with E-state index >= 15 is 0 Å². The predicted molar refractivity (Wildman–Crippen MR) is 95.8 cm³/mol. The summed E-state index contributed by atoms with van der Waals surface area (Å²) in [6, 6.07) is 12.4. The molecule has 2 rings (SSSR count). The van der Waals surface area contributed by atoms with Gasteiger partial charge < -0.3 is 15.4 Å². The molecule has 5 nitrogen and oxygen atoms in total. The minimum absolute atomic E-state index is 0.0197. The second-order valence-electron chi connectivity index (χ2n) is 5.45. The van der Waals surface area contributed by atoms with Crippen molar-refractivity contribution in [1.82, 2.24) is 10.6 Å². The lowest BCUT2D eigenvalue weighted by Gasteiger charge is -2.14. The first-order valence-electron chi connectivity index (χ1n) is 8.27. The van der Waals surface area contributed by atoms with Gasteiger partial charge in [-0.1, -0.05) is 18.2 Å². The number of nitriles is 1. The third-order valence-corrected chi connectivity index (χ3v) is 3.56. The first kappa shape index (κ1) is 20.1. The van der Waals surface area contributed by atoms with Crippen molar-refractivity contribution >= 4 is 5.96 Å². The summed E-state index contributed by atoms with van der Waals surface area (Å²) >= 11 is 0. The summed E-state index contributed by atoms with van der Waals surface area (Å²) < 4.78 is 43.3. The van der Waals surface area contributed by atoms with Gasteiger partial charge in [0, 0.05) is 24.2 Å². The standard InChI is InChI=1S/C19H19F3N4O/c1-2-24-19(26-12-15-9-13(10-23)7-8-16(15)20)25-11-14-5-3-4-6-17(14)27-18(21)22/h3-9,18H,2,11-12H2,1H3,(H2,24,25,26). The summed E-state index contributed by atoms with van der Waals surface area (Å²) in [5.74, 6) is -0.000924. The number of hydrogen-bond acceptors (Lipinski definition) is 3. The molecule has 2 N–H and O–H groups in total. The largest absolute Gasteiger partial charge is 0.434 e. The molecule has 0 radical (unpaired) electrons. The van der Waals surface area contributed by atoms with E-state index in [2.05, 4.69) is 20.4 Å². The number of rotatable bonds is 7. The molecular formula is C19H19F3N4O. The molecule has 0 atom stereocenters. The van der Waals surface area contributed by atoms with Crippen LogP contribution in [0.4, 0.5) is 13.2 Å². The molecule has 0 unspecified atom stereocenters. The van der Waals surface area contributed by atoms with Crippen molar-refractivity contribution in [3.05, 3.63) is 65.0 Å². The number of benzene rings is 2. The van der Waals surface area contributed by atoms with Crippen LogP contribution in [0.5, 0.6) is 5.75 Å². The Morgan fingerprint density at radius 2 is 1.96 bits per heavy atom. The number of aliphatic imine (C=N–C) groups is 1. The van der Waals surface area contributed by atoms with E-state index in [1.165, 1.54) is 24.3 Å². The lowest BCUT2D eigenvalue weighted by atomic mass is 10.1. The smallest absolute Gasteiger partial charge is 0.387 e. The molecule has 0 saturated carbocycles. The number of halogens is 3. The Morgan fingerprint density at radius 3 is 2.67 bits per heavy atom. The summed E-state index contributed by atoms with van der Waals surface area (Å²) in [5.41, 5.74) is 1.16. The Balaban J connectivity index is 2.10. The summed E-state index contributed by atoms with van der Waals surface area (Å²) in [4.78, 5) is 4.28. The van der Waals surface area contributed by atoms with Gasteiger partial charge in [-0.3, -0.25) is 0 Å². The number of nitrogens with one attached hydrogen (secondary N) is 2. The molecule has 0 aliphatic heterocycles. The van der Waals surface area contributed by atoms with Crippen LogP contribution >= 0.6 is 0 Å². The highest BCUT2D eigenvalue weighted by Gasteiger charge is 2.10. The number of ether oxygens (including phenoxy) is 1. The zero-order valence-electron chi connectivity index (χ0n) is 14.7. The molecule has 2 aromatic carbocycles. The zero-order chi connectivity index (χ0) is 19.6. The highest BCUT2D eigenvalue weighted by atomic mass is 19.3. The van der Waals surface area contributed by atoms with Gasteiger partial charge in [0.2, 0.25) is 0 Å². The third kappa shape index (κ3) is 6.22. The molecule has 142 valence electrons. The van der Waals surface area contributed by atoms with Crippen LogP contribution in [0.25, 0.3) is 0 Å². The highest BCUT2D eigenvalue weighted by molar-refractivity contribution is 5.79. The minimum Gasteiger partial charge on any atom is -0.434 e. The van der Waals surface area contributed by atoms with Crippen LogP contribution in [-0.2, 0) is 13.1 Å². The fourth-order valence-corrected chi connectivity index (χ4v) is 2.31. The van der Waals surface area contributed by atoms with Crippen LogP contribution in [0.3, 0.4) is 0 Å². The van der Waals surface area contributed by atoms with E-state index in [4.69, 9.17) is 5.26 Å². The van der Waals surface area contributed by atoms with Crippen molar-refractivity contribution in [1.29, 1.82) is 5.26 Å². The zero-order valence-corrected chi connectivity index (χ0v) is 14.7. The molecule has 27 heavy (non-hydrogen) atoms. The van der Waals surface area contributed by atoms with Gasteiger partial charge in [0.15, 0.2) is 5.96 Å². The summed E-state index contributed by atoms with van der Waals surface area (Å²) in [5, 5.41) is 14.9. The third-order valence-electron chi connectivity index (χ3n) is 3.56. The SMILES string of the molecule is CCNC(=NCc1cc(C#N)ccc1F)NCc1ccccc1OC(F)F. The first-order valence-corrected chi connectivity index (χ1v) is 8.27. The van der Waals surface area contributed by atoms with Gasteiger partial charge in [0.25, 0.3) is 0 Å². The van der Waals surface area contributed by atoms with Crippen LogP contribution in [-0.4, -0.2) is 19.1 Å². The number of para-hydroxylation sites is 1. The number of nitrogens with zero attached hydrogens (tertiary/aromatic N) is 2. The second-order valence-corrected chi connectivity index (χ2v) is 5.45. The summed E-state index contributed by atoms with van der Waals surface area (Å²) in [6.45, 7) is -0.284. The van der Waals surface area contributed by atoms with Crippen molar-refractivity contribution in [2.75, 3.05) is 6.54 Å². The number of guanidine groups is 1. The van der Waals surface area contributed by atoms with Crippen LogP contribution < -0.4 is 15.4 Å². The fourth-order valence-electron chi connectivity index (χ4n) is 2.31. The van der Waals surface area contributed by atoms with Gasteiger partial charge in [-0.05, 0) is 31.2 Å². The van der Waals surface area contributed by atoms with E-state index in [1.54, 1.807) is 18.2 Å². The quantitative estimate of drug-likeness (QED) is 0.573. The topological polar surface area (TPSA) is 69.4 Å². The van der Waals surface area contributed by atoms with E-state index in [0.29, 0.717) is 23.6 Å². The Morgan fingerprint density at radius 1 is 1.19 bits per heavy atom. The minimum atomic E-state index is -2.91. The van der Waals surface area contributed by atoms with Crippen LogP contribution in [0, 0.1) is 17.1 Å². The molecule has 0 aliphatic rings. The number of alkyl halides is 2. The molecule has 0 aliphatic carbocycles. The maximum atomic E-state index is 13.9. The maximum Gasteiger partial charge on any atom is 0.387 e. The van der Waals surface area contributed by atoms with E-state index in [0.717, 1.165) is 0 Å². The van der Waals surface area contributed by atoms with Crippen molar-refractivity contribution in [2.24, 2.45) is 4.99 Å². The van der Waals surface area contributed by atoms with Crippen molar-refractivity contribution in [3.8, 4) is 11.8 Å². The lowest BCUT2D eigenvalue weighted by molar-refractivity contribution is -0.0504. The number of hydrogen-bond donors (Lipinski definition) is 2. The molecule has 8 heteroatoms. The molecule has 2 aromatic rings. The average Bonchev–Trinajstić information content (AvgIpc) is 2.65. The van der Waals surface area contributed by atoms with Crippen LogP contribution in [0.1, 0.15) is 23.6 Å². The second kappa shape index (κ2) is 10.1. The van der Waals surface area contributed by atoms with Crippen LogP contribution in [0.2, 0.25) is 0 Å². The molecule has 0 saturated heterocycles. The fraction of sp³-hybridized carbons (Fsp3) is 0.263. The van der Waals surface area contributed by atoms with E-state index in [-0.39, 0.29) is 24.4 Å². The van der Waals surface area contributed by atoms with Gasteiger partial charge in [-0.25, -0.2) is 9.38 Å². The van der Waals surface area contributed by atoms with Gasteiger partial charge in [-0.2, -0.15) is 14.0 Å². The van der Waals surface area contributed by atoms with Gasteiger partial charge in [-0.15, -0.1) is 0 Å². The van der Waals surface area contributed by atoms with Gasteiger partial charge >= 0.3 is 6.61 Å². The monoisotopic (exact) mass is 376 g/mol. The summed E-state index contributed by atoms with van der Waals surface area (Å²) in [7, 11) is 0. The van der Waals surface area contributed by atoms with Gasteiger partial charge in [0.1, 0.15) is 11.6 Å². The Kier molecular flexibility index (Phi) is 7.49. The molecule has 0 amide bonds. The van der Waals surface area contributed by atoms with E-state index in [1.807, 2.05) is 13.0 Å².